The van der Waals surface area contributed by atoms with E-state index in [2.05, 4.69) is 47.6 Å². The summed E-state index contributed by atoms with van der Waals surface area (Å²) in [6.07, 6.45) is 0. The van der Waals surface area contributed by atoms with Crippen LogP contribution in [0.1, 0.15) is 31.1 Å². The van der Waals surface area contributed by atoms with Crippen LogP contribution in [0.25, 0.3) is 15.0 Å². The van der Waals surface area contributed by atoms with Gasteiger partial charge in [-0.15, -0.1) is 5.92 Å². The second-order valence-corrected chi connectivity index (χ2v) is 7.84. The average molecular weight is 335 g/mol. The summed E-state index contributed by atoms with van der Waals surface area (Å²) >= 11 is 0. The minimum atomic E-state index is -0.788. The van der Waals surface area contributed by atoms with Crippen molar-refractivity contribution in [2.45, 2.75) is 26.4 Å². The van der Waals surface area contributed by atoms with Crippen LogP contribution in [-0.4, -0.2) is 11.6 Å². The lowest BCUT2D eigenvalue weighted by Crippen LogP contribution is -2.26. The summed E-state index contributed by atoms with van der Waals surface area (Å²) in [5.74, 6) is 5.36. The molecule has 0 radical (unpaired) electrons. The van der Waals surface area contributed by atoms with Crippen molar-refractivity contribution in [3.05, 3.63) is 65.5 Å². The molecule has 1 heterocycles. The Labute approximate surface area is 145 Å². The van der Waals surface area contributed by atoms with Gasteiger partial charge in [0.05, 0.1) is 5.56 Å². The van der Waals surface area contributed by atoms with Gasteiger partial charge in [0, 0.05) is 28.0 Å². The number of benzene rings is 2. The van der Waals surface area contributed by atoms with E-state index in [0.717, 1.165) is 4.90 Å². The van der Waals surface area contributed by atoms with Crippen molar-refractivity contribution in [3.63, 3.8) is 0 Å². The van der Waals surface area contributed by atoms with Crippen LogP contribution < -0.4 is 0 Å². The van der Waals surface area contributed by atoms with Crippen LogP contribution in [0.4, 0.5) is 0 Å². The molecule has 1 aromatic heterocycles. The molecule has 24 heavy (non-hydrogen) atoms. The molecule has 0 fully saturated rings. The van der Waals surface area contributed by atoms with Gasteiger partial charge in [-0.25, -0.2) is 4.79 Å². The first-order valence-electron chi connectivity index (χ1n) is 7.78. The molecule has 3 aromatic rings. The molecule has 0 aliphatic carbocycles. The molecule has 0 aliphatic rings. The molecule has 0 amide bonds. The predicted molar refractivity (Wildman–Crippen MR) is 101 cm³/mol. The molecule has 0 saturated heterocycles. The van der Waals surface area contributed by atoms with Crippen LogP contribution in [0.2, 0.25) is 0 Å². The van der Waals surface area contributed by atoms with Crippen molar-refractivity contribution < 1.29 is 9.53 Å². The first-order chi connectivity index (χ1) is 11.5. The molecule has 0 spiro atoms. The standard InChI is InChI=1S/C21H19O2S/c1-4-13-21(2,3)23-20(22)17-9-7-10-18(15-17)24-14-12-16-8-5-6-11-19(16)24/h5-12,14-15H,1-3H3/q+1. The van der Waals surface area contributed by atoms with Gasteiger partial charge in [-0.05, 0) is 45.0 Å². The van der Waals surface area contributed by atoms with Crippen LogP contribution in [0.5, 0.6) is 0 Å². The lowest BCUT2D eigenvalue weighted by Gasteiger charge is -2.18. The van der Waals surface area contributed by atoms with Crippen molar-refractivity contribution in [1.29, 1.82) is 0 Å². The van der Waals surface area contributed by atoms with E-state index in [-0.39, 0.29) is 16.4 Å². The predicted octanol–water partition coefficient (Wildman–Crippen LogP) is 5.54. The van der Waals surface area contributed by atoms with E-state index in [1.807, 2.05) is 18.2 Å². The van der Waals surface area contributed by atoms with Gasteiger partial charge in [-0.1, -0.05) is 24.1 Å². The molecule has 1 unspecified atom stereocenters. The zero-order chi connectivity index (χ0) is 17.2. The normalized spacial score (nSPS) is 11.7. The van der Waals surface area contributed by atoms with Gasteiger partial charge in [-0.3, -0.25) is 0 Å². The number of hydrogen-bond acceptors (Lipinski definition) is 2. The zero-order valence-corrected chi connectivity index (χ0v) is 14.8. The topological polar surface area (TPSA) is 26.3 Å². The quantitative estimate of drug-likeness (QED) is 0.357. The van der Waals surface area contributed by atoms with Crippen molar-refractivity contribution in [3.8, 4) is 16.7 Å². The Morgan fingerprint density at radius 3 is 2.67 bits per heavy atom. The summed E-state index contributed by atoms with van der Waals surface area (Å²) in [7, 11) is -0.135. The number of carbonyl (C=O) groups excluding carboxylic acids is 1. The number of esters is 1. The first-order valence-corrected chi connectivity index (χ1v) is 9.06. The fourth-order valence-corrected chi connectivity index (χ4v) is 4.55. The Morgan fingerprint density at radius 2 is 1.88 bits per heavy atom. The van der Waals surface area contributed by atoms with E-state index in [1.54, 1.807) is 26.8 Å². The maximum Gasteiger partial charge on any atom is 0.339 e. The summed E-state index contributed by atoms with van der Waals surface area (Å²) in [6.45, 7) is 5.33. The van der Waals surface area contributed by atoms with Gasteiger partial charge in [0.2, 0.25) is 0 Å². The largest absolute Gasteiger partial charge is 0.443 e. The Morgan fingerprint density at radius 1 is 1.08 bits per heavy atom. The highest BCUT2D eigenvalue weighted by Gasteiger charge is 2.23. The summed E-state index contributed by atoms with van der Waals surface area (Å²) in [5, 5.41) is 3.44. The fourth-order valence-electron chi connectivity index (χ4n) is 2.62. The zero-order valence-electron chi connectivity index (χ0n) is 14.0. The van der Waals surface area contributed by atoms with E-state index in [1.165, 1.54) is 10.1 Å². The highest BCUT2D eigenvalue weighted by Crippen LogP contribution is 2.39. The van der Waals surface area contributed by atoms with E-state index in [4.69, 9.17) is 4.74 Å². The highest BCUT2D eigenvalue weighted by atomic mass is 32.2. The van der Waals surface area contributed by atoms with Crippen LogP contribution in [0.15, 0.2) is 60.0 Å². The summed E-state index contributed by atoms with van der Waals surface area (Å²) in [5.41, 5.74) is -0.229. The summed E-state index contributed by atoms with van der Waals surface area (Å²) < 4.78 is 6.82. The van der Waals surface area contributed by atoms with Gasteiger partial charge in [-0.2, -0.15) is 0 Å². The molecule has 1 atom stereocenters. The molecular weight excluding hydrogens is 316 g/mol. The Bertz CT molecular complexity index is 954. The smallest absolute Gasteiger partial charge is 0.339 e. The Balaban J connectivity index is 1.94. The molecule has 120 valence electrons. The average Bonchev–Trinajstić information content (AvgIpc) is 2.98. The number of hydrogen-bond donors (Lipinski definition) is 0. The van der Waals surface area contributed by atoms with Crippen molar-refractivity contribution in [2.75, 3.05) is 0 Å². The third-order valence-electron chi connectivity index (χ3n) is 3.64. The molecule has 2 aromatic carbocycles. The minimum Gasteiger partial charge on any atom is -0.443 e. The molecule has 3 heteroatoms. The molecule has 0 saturated carbocycles. The second kappa shape index (κ2) is 6.51. The Kier molecular flexibility index (Phi) is 4.42. The SMILES string of the molecule is CC#CC(C)(C)OC(=O)c1cccc(-[s+]2ccc3ccccc32)c1. The van der Waals surface area contributed by atoms with Gasteiger partial charge in [0.25, 0.3) is 0 Å². The highest BCUT2D eigenvalue weighted by molar-refractivity contribution is 7.43. The molecule has 3 rings (SSSR count). The Hall–Kier alpha value is -2.57. The number of rotatable bonds is 3. The summed E-state index contributed by atoms with van der Waals surface area (Å²) in [4.78, 5) is 13.6. The molecule has 2 nitrogen and oxygen atoms in total. The van der Waals surface area contributed by atoms with Crippen LogP contribution in [0, 0.1) is 11.8 Å². The second-order valence-electron chi connectivity index (χ2n) is 5.98. The number of fused-ring (bicyclic) bond motifs is 1. The van der Waals surface area contributed by atoms with Crippen LogP contribution in [0.3, 0.4) is 0 Å². The van der Waals surface area contributed by atoms with Crippen molar-refractivity contribution in [2.24, 2.45) is 0 Å². The van der Waals surface area contributed by atoms with Gasteiger partial charge < -0.3 is 4.74 Å². The van der Waals surface area contributed by atoms with E-state index in [9.17, 15) is 4.79 Å². The lowest BCUT2D eigenvalue weighted by molar-refractivity contribution is 0.0204. The first kappa shape index (κ1) is 16.3. The van der Waals surface area contributed by atoms with E-state index < -0.39 is 5.60 Å². The van der Waals surface area contributed by atoms with Gasteiger partial charge in [0.1, 0.15) is 5.38 Å². The van der Waals surface area contributed by atoms with E-state index >= 15 is 0 Å². The van der Waals surface area contributed by atoms with Crippen molar-refractivity contribution in [1.82, 2.24) is 0 Å². The lowest BCUT2D eigenvalue weighted by atomic mass is 10.1. The van der Waals surface area contributed by atoms with Crippen molar-refractivity contribution >= 4 is 26.5 Å². The van der Waals surface area contributed by atoms with Crippen LogP contribution in [-0.2, 0) is 4.74 Å². The van der Waals surface area contributed by atoms with Gasteiger partial charge in [0.15, 0.2) is 15.2 Å². The monoisotopic (exact) mass is 335 g/mol. The molecule has 0 N–H and O–H groups in total. The third-order valence-corrected chi connectivity index (χ3v) is 5.65. The van der Waals surface area contributed by atoms with Crippen LogP contribution >= 0.6 is 10.5 Å². The van der Waals surface area contributed by atoms with E-state index in [0.29, 0.717) is 5.56 Å². The third kappa shape index (κ3) is 3.34. The molecule has 0 bridgehead atoms. The number of thiophene rings is 1. The fraction of sp³-hybridized carbons (Fsp3) is 0.190. The molecule has 0 aliphatic heterocycles. The maximum atomic E-state index is 12.4. The van der Waals surface area contributed by atoms with Gasteiger partial charge >= 0.3 is 5.97 Å². The number of carbonyl (C=O) groups is 1. The number of ether oxygens (including phenoxy) is 1. The minimum absolute atomic E-state index is 0.135. The summed E-state index contributed by atoms with van der Waals surface area (Å²) in [6, 6.07) is 18.2. The maximum absolute atomic E-state index is 12.4. The molecular formula is C21H19O2S+.